The fourth-order valence-electron chi connectivity index (χ4n) is 5.72. The number of carbonyl (C=O) groups excluding carboxylic acids is 3. The van der Waals surface area contributed by atoms with E-state index in [-0.39, 0.29) is 29.9 Å². The molecular formula is C36H50N2O7. The number of phenols is 1. The lowest BCUT2D eigenvalue weighted by molar-refractivity contribution is -0.155. The molecule has 1 aromatic carbocycles. The number of methoxy groups -OCH3 is 1. The lowest BCUT2D eigenvalue weighted by Gasteiger charge is -2.30. The van der Waals surface area contributed by atoms with Crippen LogP contribution in [-0.2, 0) is 30.3 Å². The van der Waals surface area contributed by atoms with Crippen LogP contribution in [0.2, 0.25) is 0 Å². The van der Waals surface area contributed by atoms with E-state index < -0.39 is 36.2 Å². The molecule has 1 saturated carbocycles. The minimum atomic E-state index is -0.821. The van der Waals surface area contributed by atoms with Crippen LogP contribution in [0.4, 0.5) is 5.69 Å². The summed E-state index contributed by atoms with van der Waals surface area (Å²) in [5.41, 5.74) is 2.08. The van der Waals surface area contributed by atoms with Gasteiger partial charge in [-0.2, -0.15) is 0 Å². The third-order valence-corrected chi connectivity index (χ3v) is 8.49. The summed E-state index contributed by atoms with van der Waals surface area (Å²) in [5.74, 6) is -1.37. The lowest BCUT2D eigenvalue weighted by Crippen LogP contribution is -2.45. The number of aromatic hydroxyl groups is 1. The van der Waals surface area contributed by atoms with Crippen molar-refractivity contribution in [3.8, 4) is 5.75 Å². The molecule has 1 fully saturated rings. The Labute approximate surface area is 267 Å². The molecule has 2 amide bonds. The molecule has 3 rings (SSSR count). The van der Waals surface area contributed by atoms with Gasteiger partial charge in [-0.1, -0.05) is 68.7 Å². The highest BCUT2D eigenvalue weighted by atomic mass is 16.5. The van der Waals surface area contributed by atoms with Crippen molar-refractivity contribution in [3.63, 3.8) is 0 Å². The first-order valence-corrected chi connectivity index (χ1v) is 16.1. The van der Waals surface area contributed by atoms with Crippen molar-refractivity contribution in [2.24, 2.45) is 11.8 Å². The van der Waals surface area contributed by atoms with Crippen molar-refractivity contribution >= 4 is 23.5 Å². The highest BCUT2D eigenvalue weighted by Crippen LogP contribution is 2.26. The molecule has 4 N–H and O–H groups in total. The third kappa shape index (κ3) is 12.0. The van der Waals surface area contributed by atoms with Crippen molar-refractivity contribution in [1.29, 1.82) is 0 Å². The minimum Gasteiger partial charge on any atom is -0.508 e. The lowest BCUT2D eigenvalue weighted by atomic mass is 9.88. The Morgan fingerprint density at radius 2 is 1.80 bits per heavy atom. The van der Waals surface area contributed by atoms with Crippen LogP contribution in [0.15, 0.2) is 66.3 Å². The Hall–Kier alpha value is -3.69. The van der Waals surface area contributed by atoms with Gasteiger partial charge in [0, 0.05) is 30.7 Å². The Morgan fingerprint density at radius 1 is 1.07 bits per heavy atom. The van der Waals surface area contributed by atoms with E-state index in [2.05, 4.69) is 10.6 Å². The van der Waals surface area contributed by atoms with Gasteiger partial charge < -0.3 is 30.3 Å². The maximum Gasteiger partial charge on any atom is 0.328 e. The number of amides is 2. The summed E-state index contributed by atoms with van der Waals surface area (Å²) in [7, 11) is 1.54. The Bertz CT molecular complexity index is 1260. The number of hydrogen-bond donors (Lipinski definition) is 4. The first-order valence-electron chi connectivity index (χ1n) is 16.1. The predicted octanol–water partition coefficient (Wildman–Crippen LogP) is 5.68. The Kier molecular flexibility index (Phi) is 14.6. The quantitative estimate of drug-likeness (QED) is 0.245. The molecule has 1 heterocycles. The smallest absolute Gasteiger partial charge is 0.328 e. The topological polar surface area (TPSA) is 134 Å². The van der Waals surface area contributed by atoms with Crippen LogP contribution >= 0.6 is 0 Å². The number of rotatable bonds is 5. The molecular weight excluding hydrogens is 572 g/mol. The average molecular weight is 623 g/mol. The number of benzene rings is 1. The van der Waals surface area contributed by atoms with E-state index in [1.165, 1.54) is 13.2 Å². The van der Waals surface area contributed by atoms with E-state index in [9.17, 15) is 24.6 Å². The number of hydrogen-bond acceptors (Lipinski definition) is 7. The Balaban J connectivity index is 1.81. The zero-order valence-corrected chi connectivity index (χ0v) is 27.0. The summed E-state index contributed by atoms with van der Waals surface area (Å²) in [6, 6.07) is 4.14. The van der Waals surface area contributed by atoms with Crippen LogP contribution in [-0.4, -0.2) is 59.5 Å². The number of aryl methyl sites for hydroxylation is 1. The Morgan fingerprint density at radius 3 is 2.53 bits per heavy atom. The molecule has 9 nitrogen and oxygen atoms in total. The van der Waals surface area contributed by atoms with Crippen LogP contribution in [0.3, 0.4) is 0 Å². The molecule has 0 saturated heterocycles. The van der Waals surface area contributed by atoms with Gasteiger partial charge in [0.1, 0.15) is 17.9 Å². The van der Waals surface area contributed by atoms with Gasteiger partial charge in [0.05, 0.1) is 18.6 Å². The molecule has 1 aliphatic carbocycles. The van der Waals surface area contributed by atoms with E-state index >= 15 is 0 Å². The zero-order valence-electron chi connectivity index (χ0n) is 27.0. The molecule has 0 radical (unpaired) electrons. The first-order chi connectivity index (χ1) is 21.6. The highest BCUT2D eigenvalue weighted by Gasteiger charge is 2.31. The van der Waals surface area contributed by atoms with Crippen LogP contribution in [0, 0.1) is 11.8 Å². The van der Waals surface area contributed by atoms with E-state index in [0.29, 0.717) is 24.9 Å². The molecule has 45 heavy (non-hydrogen) atoms. The molecule has 9 heteroatoms. The normalized spacial score (nSPS) is 24.9. The standard InChI is InChI=1S/C36H50N2O7/c1-24-14-13-15-27-20-29(22-30(39)21-27)38-33(41)23-31(44-4)18-11-6-5-7-12-19-32(40)25(2)34(24)45-36(43)26(3)37-35(42)28-16-9-8-10-17-28/h5-7,11-12,14,18,20-22,25-26,28,31-32,34,39-40H,8-10,13,15-17,19,23H2,1-4H3,(H,37,42)(H,38,41)/t25-,26+,31+,32-,34-/m1/s1. The number of esters is 1. The van der Waals surface area contributed by atoms with Gasteiger partial charge in [0.25, 0.3) is 0 Å². The van der Waals surface area contributed by atoms with E-state index in [0.717, 1.165) is 43.2 Å². The zero-order chi connectivity index (χ0) is 32.8. The molecule has 2 aliphatic rings. The number of carbonyl (C=O) groups is 3. The minimum absolute atomic E-state index is 0.0375. The summed E-state index contributed by atoms with van der Waals surface area (Å²) in [6.07, 6.45) is 17.3. The fourth-order valence-corrected chi connectivity index (χ4v) is 5.72. The number of nitrogens with one attached hydrogen (secondary N) is 2. The number of allylic oxidation sites excluding steroid dienone is 5. The average Bonchev–Trinajstić information content (AvgIpc) is 3.01. The molecule has 246 valence electrons. The van der Waals surface area contributed by atoms with Gasteiger partial charge in [0.15, 0.2) is 0 Å². The van der Waals surface area contributed by atoms with Gasteiger partial charge in [0.2, 0.25) is 11.8 Å². The van der Waals surface area contributed by atoms with Gasteiger partial charge in [-0.05, 0) is 69.2 Å². The number of aliphatic hydroxyl groups is 1. The summed E-state index contributed by atoms with van der Waals surface area (Å²) in [5, 5.41) is 27.1. The molecule has 0 aromatic heterocycles. The number of phenolic OH excluding ortho intramolecular Hbond substituents is 1. The van der Waals surface area contributed by atoms with Crippen LogP contribution in [0.5, 0.6) is 5.75 Å². The van der Waals surface area contributed by atoms with Crippen molar-refractivity contribution in [2.45, 2.75) is 103 Å². The maximum absolute atomic E-state index is 13.2. The van der Waals surface area contributed by atoms with E-state index in [1.807, 2.05) is 44.2 Å². The van der Waals surface area contributed by atoms with Gasteiger partial charge in [-0.3, -0.25) is 9.59 Å². The molecule has 0 spiro atoms. The number of aliphatic hydroxyl groups excluding tert-OH is 1. The first kappa shape index (κ1) is 35.8. The second-order valence-electron chi connectivity index (χ2n) is 12.2. The van der Waals surface area contributed by atoms with Gasteiger partial charge in [-0.15, -0.1) is 0 Å². The largest absolute Gasteiger partial charge is 0.508 e. The summed E-state index contributed by atoms with van der Waals surface area (Å²) in [6.45, 7) is 5.35. The van der Waals surface area contributed by atoms with Gasteiger partial charge >= 0.3 is 5.97 Å². The number of ether oxygens (including phenoxy) is 2. The maximum atomic E-state index is 13.2. The predicted molar refractivity (Wildman–Crippen MR) is 175 cm³/mol. The summed E-state index contributed by atoms with van der Waals surface area (Å²) >= 11 is 0. The molecule has 0 unspecified atom stereocenters. The number of anilines is 1. The highest BCUT2D eigenvalue weighted by molar-refractivity contribution is 5.91. The van der Waals surface area contributed by atoms with E-state index in [4.69, 9.17) is 9.47 Å². The SMILES string of the molecule is CO[C@H]1C=CC=CC=CC[C@@H](O)[C@@H](C)[C@H](OC(=O)[C@H](C)NC(=O)C2CCCCC2)C(C)=CCCc2cc(O)cc(c2)NC(=O)C1. The molecule has 5 atom stereocenters. The fraction of sp³-hybridized carbons (Fsp3) is 0.528. The molecule has 2 bridgehead atoms. The van der Waals surface area contributed by atoms with Crippen LogP contribution in [0.25, 0.3) is 0 Å². The van der Waals surface area contributed by atoms with Crippen molar-refractivity contribution in [3.05, 3.63) is 71.9 Å². The van der Waals surface area contributed by atoms with Crippen molar-refractivity contribution < 1.29 is 34.1 Å². The molecule has 1 aliphatic heterocycles. The number of fused-ring (bicyclic) bond motifs is 2. The van der Waals surface area contributed by atoms with Gasteiger partial charge in [-0.25, -0.2) is 4.79 Å². The second kappa shape index (κ2) is 18.3. The summed E-state index contributed by atoms with van der Waals surface area (Å²) in [4.78, 5) is 38.7. The third-order valence-electron chi connectivity index (χ3n) is 8.49. The van der Waals surface area contributed by atoms with Crippen molar-refractivity contribution in [2.75, 3.05) is 12.4 Å². The van der Waals surface area contributed by atoms with E-state index in [1.54, 1.807) is 31.2 Å². The second-order valence-corrected chi connectivity index (χ2v) is 12.2. The van der Waals surface area contributed by atoms with Crippen LogP contribution < -0.4 is 10.6 Å². The molecule has 1 aromatic rings. The van der Waals surface area contributed by atoms with Crippen molar-refractivity contribution in [1.82, 2.24) is 5.32 Å². The summed E-state index contributed by atoms with van der Waals surface area (Å²) < 4.78 is 11.4. The monoisotopic (exact) mass is 622 g/mol. The van der Waals surface area contributed by atoms with Crippen LogP contribution in [0.1, 0.15) is 77.7 Å².